The molecule has 112 valence electrons. The van der Waals surface area contributed by atoms with Crippen molar-refractivity contribution >= 4 is 39.5 Å². The maximum Gasteiger partial charge on any atom is 0.446 e. The van der Waals surface area contributed by atoms with Crippen LogP contribution >= 0.6 is 27.7 Å². The minimum atomic E-state index is -4.40. The molecule has 0 aliphatic heterocycles. The van der Waals surface area contributed by atoms with Crippen molar-refractivity contribution in [3.05, 3.63) is 22.7 Å². The summed E-state index contributed by atoms with van der Waals surface area (Å²) < 4.78 is 42.4. The summed E-state index contributed by atoms with van der Waals surface area (Å²) >= 11 is 2.78. The normalized spacial score (nSPS) is 12.2. The van der Waals surface area contributed by atoms with Crippen molar-refractivity contribution in [3.8, 4) is 0 Å². The van der Waals surface area contributed by atoms with E-state index in [0.29, 0.717) is 4.47 Å². The second-order valence-electron chi connectivity index (χ2n) is 4.82. The summed E-state index contributed by atoms with van der Waals surface area (Å²) in [5.41, 5.74) is -4.84. The van der Waals surface area contributed by atoms with Gasteiger partial charge in [-0.25, -0.2) is 4.79 Å². The van der Waals surface area contributed by atoms with Gasteiger partial charge in [-0.15, -0.1) is 0 Å². The Morgan fingerprint density at radius 1 is 1.30 bits per heavy atom. The highest BCUT2D eigenvalue weighted by Gasteiger charge is 2.30. The molecule has 0 heterocycles. The lowest BCUT2D eigenvalue weighted by Crippen LogP contribution is -2.27. The maximum absolute atomic E-state index is 12.4. The molecule has 1 rings (SSSR count). The van der Waals surface area contributed by atoms with E-state index < -0.39 is 17.2 Å². The van der Waals surface area contributed by atoms with Crippen molar-refractivity contribution < 1.29 is 22.7 Å². The smallest absolute Gasteiger partial charge is 0.444 e. The molecule has 0 saturated heterocycles. The van der Waals surface area contributed by atoms with Crippen molar-refractivity contribution in [2.24, 2.45) is 0 Å². The number of thioether (sulfide) groups is 1. The summed E-state index contributed by atoms with van der Waals surface area (Å²) in [4.78, 5) is 11.5. The third kappa shape index (κ3) is 6.51. The zero-order chi connectivity index (χ0) is 15.6. The SMILES string of the molecule is CC(C)(C)OC(=O)Nc1ccc(Br)c(SC(F)(F)F)c1. The van der Waals surface area contributed by atoms with Crippen molar-refractivity contribution in [1.82, 2.24) is 0 Å². The first kappa shape index (κ1) is 17.2. The Labute approximate surface area is 127 Å². The van der Waals surface area contributed by atoms with Gasteiger partial charge in [0.15, 0.2) is 0 Å². The van der Waals surface area contributed by atoms with E-state index in [4.69, 9.17) is 4.74 Å². The number of benzene rings is 1. The van der Waals surface area contributed by atoms with Crippen LogP contribution < -0.4 is 5.32 Å². The van der Waals surface area contributed by atoms with Gasteiger partial charge in [-0.3, -0.25) is 5.32 Å². The minimum absolute atomic E-state index is 0.0361. The maximum atomic E-state index is 12.4. The summed E-state index contributed by atoms with van der Waals surface area (Å²) in [6.45, 7) is 5.08. The Morgan fingerprint density at radius 3 is 2.40 bits per heavy atom. The fourth-order valence-electron chi connectivity index (χ4n) is 1.21. The first-order valence-corrected chi connectivity index (χ1v) is 7.12. The van der Waals surface area contributed by atoms with Gasteiger partial charge in [0.05, 0.1) is 0 Å². The van der Waals surface area contributed by atoms with E-state index in [1.807, 2.05) is 0 Å². The van der Waals surface area contributed by atoms with Crippen LogP contribution in [0.4, 0.5) is 23.7 Å². The molecule has 20 heavy (non-hydrogen) atoms. The van der Waals surface area contributed by atoms with Gasteiger partial charge >= 0.3 is 11.6 Å². The van der Waals surface area contributed by atoms with Crippen molar-refractivity contribution in [1.29, 1.82) is 0 Å². The van der Waals surface area contributed by atoms with E-state index >= 15 is 0 Å². The molecule has 0 atom stereocenters. The van der Waals surface area contributed by atoms with Crippen LogP contribution in [-0.4, -0.2) is 17.2 Å². The van der Waals surface area contributed by atoms with Gasteiger partial charge in [-0.05, 0) is 66.7 Å². The van der Waals surface area contributed by atoms with Gasteiger partial charge in [-0.1, -0.05) is 0 Å². The Hall–Kier alpha value is -0.890. The second kappa shape index (κ2) is 6.26. The molecular formula is C12H13BrF3NO2S. The number of rotatable bonds is 2. The molecule has 3 nitrogen and oxygen atoms in total. The standard InChI is InChI=1S/C12H13BrF3NO2S/c1-11(2,3)19-10(18)17-7-4-5-8(13)9(6-7)20-12(14,15)16/h4-6H,1-3H3,(H,17,18). The Kier molecular flexibility index (Phi) is 5.37. The van der Waals surface area contributed by atoms with Crippen LogP contribution in [0.15, 0.2) is 27.6 Å². The van der Waals surface area contributed by atoms with Gasteiger partial charge in [0, 0.05) is 15.1 Å². The molecule has 1 amide bonds. The molecule has 0 aliphatic rings. The number of hydrogen-bond donors (Lipinski definition) is 1. The Bertz CT molecular complexity index is 500. The average molecular weight is 372 g/mol. The molecule has 1 aromatic carbocycles. The molecule has 0 aromatic heterocycles. The molecule has 0 fully saturated rings. The van der Waals surface area contributed by atoms with Crippen LogP contribution in [0.1, 0.15) is 20.8 Å². The van der Waals surface area contributed by atoms with E-state index in [1.165, 1.54) is 18.2 Å². The molecule has 0 spiro atoms. The number of hydrogen-bond acceptors (Lipinski definition) is 3. The number of carbonyl (C=O) groups is 1. The third-order valence-electron chi connectivity index (χ3n) is 1.80. The Morgan fingerprint density at radius 2 is 1.90 bits per heavy atom. The molecule has 0 aliphatic carbocycles. The molecule has 0 bridgehead atoms. The van der Waals surface area contributed by atoms with Crippen LogP contribution in [0.5, 0.6) is 0 Å². The molecule has 1 N–H and O–H groups in total. The first-order chi connectivity index (χ1) is 8.96. The zero-order valence-electron chi connectivity index (χ0n) is 11.0. The summed E-state index contributed by atoms with van der Waals surface area (Å²) in [5.74, 6) is 0. The predicted octanol–water partition coefficient (Wildman–Crippen LogP) is 5.41. The highest BCUT2D eigenvalue weighted by Crippen LogP contribution is 2.41. The highest BCUT2D eigenvalue weighted by atomic mass is 79.9. The summed E-state index contributed by atoms with van der Waals surface area (Å²) in [5, 5.41) is 2.39. The van der Waals surface area contributed by atoms with E-state index in [9.17, 15) is 18.0 Å². The second-order valence-corrected chi connectivity index (χ2v) is 6.78. The van der Waals surface area contributed by atoms with Crippen LogP contribution in [0.25, 0.3) is 0 Å². The van der Waals surface area contributed by atoms with Gasteiger partial charge in [-0.2, -0.15) is 13.2 Å². The fourth-order valence-corrected chi connectivity index (χ4v) is 2.30. The molecule has 0 saturated carbocycles. The monoisotopic (exact) mass is 371 g/mol. The summed E-state index contributed by atoms with van der Waals surface area (Å²) in [6, 6.07) is 4.14. The number of anilines is 1. The minimum Gasteiger partial charge on any atom is -0.444 e. The van der Waals surface area contributed by atoms with Gasteiger partial charge < -0.3 is 4.74 Å². The Balaban J connectivity index is 2.82. The average Bonchev–Trinajstić information content (AvgIpc) is 2.18. The van der Waals surface area contributed by atoms with Gasteiger partial charge in [0.1, 0.15) is 5.60 Å². The van der Waals surface area contributed by atoms with Crippen LogP contribution in [0, 0.1) is 0 Å². The lowest BCUT2D eigenvalue weighted by atomic mass is 10.2. The molecule has 0 radical (unpaired) electrons. The van der Waals surface area contributed by atoms with E-state index in [0.717, 1.165) is 0 Å². The lowest BCUT2D eigenvalue weighted by molar-refractivity contribution is -0.0328. The number of amides is 1. The van der Waals surface area contributed by atoms with Gasteiger partial charge in [0.2, 0.25) is 0 Å². The fraction of sp³-hybridized carbons (Fsp3) is 0.417. The topological polar surface area (TPSA) is 38.3 Å². The van der Waals surface area contributed by atoms with E-state index in [1.54, 1.807) is 20.8 Å². The molecule has 0 unspecified atom stereocenters. The van der Waals surface area contributed by atoms with Crippen molar-refractivity contribution in [3.63, 3.8) is 0 Å². The quantitative estimate of drug-likeness (QED) is 0.706. The van der Waals surface area contributed by atoms with E-state index in [-0.39, 0.29) is 22.3 Å². The number of nitrogens with one attached hydrogen (secondary N) is 1. The largest absolute Gasteiger partial charge is 0.446 e. The molecule has 1 aromatic rings. The number of carbonyl (C=O) groups excluding carboxylic acids is 1. The van der Waals surface area contributed by atoms with Crippen molar-refractivity contribution in [2.45, 2.75) is 36.8 Å². The summed E-state index contributed by atoms with van der Waals surface area (Å²) in [7, 11) is 0. The highest BCUT2D eigenvalue weighted by molar-refractivity contribution is 9.10. The van der Waals surface area contributed by atoms with Gasteiger partial charge in [0.25, 0.3) is 0 Å². The molecular weight excluding hydrogens is 359 g/mol. The predicted molar refractivity (Wildman–Crippen MR) is 75.9 cm³/mol. The van der Waals surface area contributed by atoms with Crippen LogP contribution in [0.2, 0.25) is 0 Å². The number of halogens is 4. The van der Waals surface area contributed by atoms with E-state index in [2.05, 4.69) is 21.2 Å². The zero-order valence-corrected chi connectivity index (χ0v) is 13.4. The number of ether oxygens (including phenoxy) is 1. The lowest BCUT2D eigenvalue weighted by Gasteiger charge is -2.20. The first-order valence-electron chi connectivity index (χ1n) is 5.51. The number of alkyl halides is 3. The van der Waals surface area contributed by atoms with Crippen molar-refractivity contribution in [2.75, 3.05) is 5.32 Å². The van der Waals surface area contributed by atoms with Crippen LogP contribution in [-0.2, 0) is 4.74 Å². The van der Waals surface area contributed by atoms with Crippen LogP contribution in [0.3, 0.4) is 0 Å². The third-order valence-corrected chi connectivity index (χ3v) is 3.55. The molecule has 8 heteroatoms. The summed E-state index contributed by atoms with van der Waals surface area (Å²) in [6.07, 6.45) is -0.720.